The van der Waals surface area contributed by atoms with Gasteiger partial charge in [-0.15, -0.1) is 0 Å². The topological polar surface area (TPSA) is 64.1 Å². The molecule has 0 saturated heterocycles. The van der Waals surface area contributed by atoms with E-state index in [0.717, 1.165) is 23.3 Å². The molecule has 0 aliphatic heterocycles. The maximum absolute atomic E-state index is 12.8. The standard InChI is InChI=1S/C19H18N2O3/c1-11-9-12(7-8-17(11)24-2)13-10-14(13)18(22)21-16-6-4-3-5-15(16)20-19(21)23/h3-9,13-14H,10H2,1-2H3,(H,20,23). The Labute approximate surface area is 138 Å². The molecule has 122 valence electrons. The summed E-state index contributed by atoms with van der Waals surface area (Å²) >= 11 is 0. The van der Waals surface area contributed by atoms with Crippen molar-refractivity contribution in [3.63, 3.8) is 0 Å². The molecule has 4 rings (SSSR count). The number of hydrogen-bond acceptors (Lipinski definition) is 3. The van der Waals surface area contributed by atoms with Gasteiger partial charge in [0.25, 0.3) is 0 Å². The quantitative estimate of drug-likeness (QED) is 0.806. The van der Waals surface area contributed by atoms with E-state index in [9.17, 15) is 9.59 Å². The maximum Gasteiger partial charge on any atom is 0.333 e. The third-order valence-corrected chi connectivity index (χ3v) is 4.76. The second-order valence-electron chi connectivity index (χ2n) is 6.30. The SMILES string of the molecule is COc1ccc(C2CC2C(=O)n2c(=O)[nH]c3ccccc32)cc1C. The van der Waals surface area contributed by atoms with Crippen LogP contribution in [-0.2, 0) is 0 Å². The zero-order valence-corrected chi connectivity index (χ0v) is 13.6. The molecule has 5 nitrogen and oxygen atoms in total. The minimum atomic E-state index is -0.363. The van der Waals surface area contributed by atoms with Crippen molar-refractivity contribution in [2.45, 2.75) is 19.3 Å². The molecular formula is C19H18N2O3. The summed E-state index contributed by atoms with van der Waals surface area (Å²) in [6, 6.07) is 13.3. The number of rotatable bonds is 3. The predicted octanol–water partition coefficient (Wildman–Crippen LogP) is 3.09. The molecule has 2 aromatic carbocycles. The van der Waals surface area contributed by atoms with Gasteiger partial charge in [0.2, 0.25) is 5.91 Å². The third kappa shape index (κ3) is 2.24. The third-order valence-electron chi connectivity index (χ3n) is 4.76. The molecule has 2 unspecified atom stereocenters. The van der Waals surface area contributed by atoms with Crippen molar-refractivity contribution in [2.24, 2.45) is 5.92 Å². The second-order valence-corrected chi connectivity index (χ2v) is 6.30. The van der Waals surface area contributed by atoms with E-state index >= 15 is 0 Å². The minimum Gasteiger partial charge on any atom is -0.496 e. The Bertz CT molecular complexity index is 999. The molecule has 0 amide bonds. The second kappa shape index (κ2) is 5.37. The predicted molar refractivity (Wildman–Crippen MR) is 91.8 cm³/mol. The van der Waals surface area contributed by atoms with Crippen LogP contribution in [0.25, 0.3) is 11.0 Å². The number of imidazole rings is 1. The number of carbonyl (C=O) groups is 1. The van der Waals surface area contributed by atoms with Gasteiger partial charge in [-0.2, -0.15) is 0 Å². The fourth-order valence-electron chi connectivity index (χ4n) is 3.41. The van der Waals surface area contributed by atoms with Crippen molar-refractivity contribution in [3.8, 4) is 5.75 Å². The molecule has 3 aromatic rings. The largest absolute Gasteiger partial charge is 0.496 e. The van der Waals surface area contributed by atoms with Crippen LogP contribution in [0, 0.1) is 12.8 Å². The van der Waals surface area contributed by atoms with E-state index in [1.54, 1.807) is 19.2 Å². The fraction of sp³-hybridized carbons (Fsp3) is 0.263. The summed E-state index contributed by atoms with van der Waals surface area (Å²) in [6.07, 6.45) is 0.774. The van der Waals surface area contributed by atoms with E-state index in [0.29, 0.717) is 11.0 Å². The molecule has 1 heterocycles. The summed E-state index contributed by atoms with van der Waals surface area (Å²) in [6.45, 7) is 1.99. The number of carbonyl (C=O) groups excluding carboxylic acids is 1. The molecule has 1 saturated carbocycles. The van der Waals surface area contributed by atoms with Crippen LogP contribution in [-0.4, -0.2) is 22.6 Å². The van der Waals surface area contributed by atoms with Crippen LogP contribution in [0.15, 0.2) is 47.3 Å². The van der Waals surface area contributed by atoms with Crippen molar-refractivity contribution in [2.75, 3.05) is 7.11 Å². The monoisotopic (exact) mass is 322 g/mol. The summed E-state index contributed by atoms with van der Waals surface area (Å²) in [5.41, 5.74) is 3.15. The van der Waals surface area contributed by atoms with E-state index in [1.807, 2.05) is 31.2 Å². The van der Waals surface area contributed by atoms with Crippen LogP contribution in [0.5, 0.6) is 5.75 Å². The van der Waals surface area contributed by atoms with Crippen molar-refractivity contribution >= 4 is 16.9 Å². The highest BCUT2D eigenvalue weighted by Crippen LogP contribution is 2.49. The van der Waals surface area contributed by atoms with E-state index in [1.165, 1.54) is 4.57 Å². The molecule has 1 aromatic heterocycles. The Balaban J connectivity index is 1.64. The number of nitrogens with one attached hydrogen (secondary N) is 1. The molecule has 5 heteroatoms. The van der Waals surface area contributed by atoms with Gasteiger partial charge in [-0.25, -0.2) is 9.36 Å². The number of para-hydroxylation sites is 2. The molecule has 2 atom stereocenters. The normalized spacial score (nSPS) is 19.4. The van der Waals surface area contributed by atoms with Crippen molar-refractivity contribution in [1.29, 1.82) is 0 Å². The number of ether oxygens (including phenoxy) is 1. The van der Waals surface area contributed by atoms with E-state index in [-0.39, 0.29) is 23.4 Å². The molecule has 1 N–H and O–H groups in total. The molecule has 0 radical (unpaired) electrons. The lowest BCUT2D eigenvalue weighted by Crippen LogP contribution is -2.25. The Hall–Kier alpha value is -2.82. The van der Waals surface area contributed by atoms with Gasteiger partial charge in [-0.3, -0.25) is 4.79 Å². The average molecular weight is 322 g/mol. The van der Waals surface area contributed by atoms with Gasteiger partial charge in [0.1, 0.15) is 5.75 Å². The number of H-pyrrole nitrogens is 1. The summed E-state index contributed by atoms with van der Waals surface area (Å²) in [5.74, 6) is 0.739. The van der Waals surface area contributed by atoms with Crippen LogP contribution >= 0.6 is 0 Å². The molecule has 24 heavy (non-hydrogen) atoms. The first-order valence-electron chi connectivity index (χ1n) is 7.98. The summed E-state index contributed by atoms with van der Waals surface area (Å²) < 4.78 is 6.55. The van der Waals surface area contributed by atoms with Crippen LogP contribution < -0.4 is 10.4 Å². The first kappa shape index (κ1) is 14.8. The molecule has 0 spiro atoms. The molecule has 1 fully saturated rings. The molecule has 0 bridgehead atoms. The average Bonchev–Trinajstić information content (AvgIpc) is 3.30. The van der Waals surface area contributed by atoms with Crippen LogP contribution in [0.4, 0.5) is 0 Å². The van der Waals surface area contributed by atoms with Gasteiger partial charge in [0, 0.05) is 5.92 Å². The summed E-state index contributed by atoms with van der Waals surface area (Å²) in [5, 5.41) is 0. The van der Waals surface area contributed by atoms with E-state index in [4.69, 9.17) is 4.74 Å². The minimum absolute atomic E-state index is 0.129. The Morgan fingerprint density at radius 2 is 2.04 bits per heavy atom. The van der Waals surface area contributed by atoms with Gasteiger partial charge in [0.05, 0.1) is 18.1 Å². The van der Waals surface area contributed by atoms with Crippen LogP contribution in [0.2, 0.25) is 0 Å². The highest BCUT2D eigenvalue weighted by Gasteiger charge is 2.45. The molecule has 1 aliphatic rings. The highest BCUT2D eigenvalue weighted by atomic mass is 16.5. The summed E-state index contributed by atoms with van der Waals surface area (Å²) in [4.78, 5) is 27.7. The first-order chi connectivity index (χ1) is 11.6. The number of aromatic amines is 1. The smallest absolute Gasteiger partial charge is 0.333 e. The zero-order valence-electron chi connectivity index (χ0n) is 13.6. The maximum atomic E-state index is 12.8. The van der Waals surface area contributed by atoms with Crippen molar-refractivity contribution in [3.05, 3.63) is 64.1 Å². The van der Waals surface area contributed by atoms with E-state index < -0.39 is 0 Å². The van der Waals surface area contributed by atoms with Crippen molar-refractivity contribution < 1.29 is 9.53 Å². The van der Waals surface area contributed by atoms with Crippen LogP contribution in [0.1, 0.15) is 28.3 Å². The van der Waals surface area contributed by atoms with Gasteiger partial charge >= 0.3 is 5.69 Å². The summed E-state index contributed by atoms with van der Waals surface area (Å²) in [7, 11) is 1.65. The Morgan fingerprint density at radius 1 is 1.25 bits per heavy atom. The van der Waals surface area contributed by atoms with Gasteiger partial charge < -0.3 is 9.72 Å². The number of hydrogen-bond donors (Lipinski definition) is 1. The van der Waals surface area contributed by atoms with E-state index in [2.05, 4.69) is 11.1 Å². The lowest BCUT2D eigenvalue weighted by atomic mass is 10.1. The zero-order chi connectivity index (χ0) is 16.8. The lowest BCUT2D eigenvalue weighted by molar-refractivity contribution is 0.0884. The number of aryl methyl sites for hydroxylation is 1. The Kier molecular flexibility index (Phi) is 3.30. The number of fused-ring (bicyclic) bond motifs is 1. The van der Waals surface area contributed by atoms with Crippen molar-refractivity contribution in [1.82, 2.24) is 9.55 Å². The number of benzene rings is 2. The highest BCUT2D eigenvalue weighted by molar-refractivity contribution is 5.93. The number of nitrogens with zero attached hydrogens (tertiary/aromatic N) is 1. The number of aromatic nitrogens is 2. The van der Waals surface area contributed by atoms with Gasteiger partial charge in [-0.1, -0.05) is 24.3 Å². The molecule has 1 aliphatic carbocycles. The Morgan fingerprint density at radius 3 is 2.79 bits per heavy atom. The lowest BCUT2D eigenvalue weighted by Gasteiger charge is -2.07. The van der Waals surface area contributed by atoms with Crippen LogP contribution in [0.3, 0.4) is 0 Å². The first-order valence-corrected chi connectivity index (χ1v) is 7.98. The number of methoxy groups -OCH3 is 1. The van der Waals surface area contributed by atoms with Gasteiger partial charge in [0.15, 0.2) is 0 Å². The molecular weight excluding hydrogens is 304 g/mol. The fourth-order valence-corrected chi connectivity index (χ4v) is 3.41. The van der Waals surface area contributed by atoms with Gasteiger partial charge in [-0.05, 0) is 48.6 Å².